The van der Waals surface area contributed by atoms with E-state index in [-0.39, 0.29) is 11.6 Å². The second-order valence-electron chi connectivity index (χ2n) is 5.03. The lowest BCUT2D eigenvalue weighted by Crippen LogP contribution is -2.08. The molecule has 2 aromatic rings. The second-order valence-corrected chi connectivity index (χ2v) is 5.03. The van der Waals surface area contributed by atoms with Crippen molar-refractivity contribution in [2.75, 3.05) is 7.11 Å². The summed E-state index contributed by atoms with van der Waals surface area (Å²) in [5.74, 6) is 0.795. The van der Waals surface area contributed by atoms with Crippen LogP contribution in [0.1, 0.15) is 13.8 Å². The zero-order valence-corrected chi connectivity index (χ0v) is 13.8. The Hall–Kier alpha value is -2.90. The van der Waals surface area contributed by atoms with Crippen LogP contribution in [0.2, 0.25) is 0 Å². The van der Waals surface area contributed by atoms with Crippen LogP contribution in [0.15, 0.2) is 54.3 Å². The van der Waals surface area contributed by atoms with Crippen molar-refractivity contribution in [1.29, 1.82) is 0 Å². The van der Waals surface area contributed by atoms with E-state index in [1.807, 2.05) is 0 Å². The van der Waals surface area contributed by atoms with Gasteiger partial charge in [-0.05, 0) is 32.1 Å². The van der Waals surface area contributed by atoms with Crippen LogP contribution in [0.4, 0.5) is 13.2 Å². The Labute approximate surface area is 142 Å². The number of halogens is 3. The van der Waals surface area contributed by atoms with Crippen molar-refractivity contribution < 1.29 is 22.6 Å². The first-order valence-electron chi connectivity index (χ1n) is 7.22. The molecule has 0 spiro atoms. The maximum atomic E-state index is 12.5. The van der Waals surface area contributed by atoms with Crippen LogP contribution in [0.25, 0.3) is 11.1 Å². The molecule has 0 amide bonds. The summed E-state index contributed by atoms with van der Waals surface area (Å²) in [5, 5.41) is 0. The van der Waals surface area contributed by atoms with Crippen LogP contribution in [-0.2, 0) is 0 Å². The molecule has 25 heavy (non-hydrogen) atoms. The van der Waals surface area contributed by atoms with E-state index >= 15 is 0 Å². The van der Waals surface area contributed by atoms with E-state index in [1.54, 1.807) is 18.3 Å². The van der Waals surface area contributed by atoms with Gasteiger partial charge >= 0.3 is 6.18 Å². The zero-order valence-electron chi connectivity index (χ0n) is 13.8. The van der Waals surface area contributed by atoms with Crippen LogP contribution >= 0.6 is 0 Å². The molecular weight excluding hydrogens is 335 g/mol. The summed E-state index contributed by atoms with van der Waals surface area (Å²) in [6.07, 6.45) is 2.21. The van der Waals surface area contributed by atoms with E-state index in [4.69, 9.17) is 9.47 Å². The van der Waals surface area contributed by atoms with Crippen molar-refractivity contribution in [2.24, 2.45) is 0 Å². The first-order chi connectivity index (χ1) is 11.8. The van der Waals surface area contributed by atoms with Gasteiger partial charge < -0.3 is 9.47 Å². The molecule has 0 N–H and O–H groups in total. The van der Waals surface area contributed by atoms with Crippen LogP contribution in [-0.4, -0.2) is 28.2 Å². The molecule has 0 radical (unpaired) electrons. The highest BCUT2D eigenvalue weighted by atomic mass is 19.4. The van der Waals surface area contributed by atoms with Gasteiger partial charge in [-0.3, -0.25) is 0 Å². The Bertz CT molecular complexity index is 802. The highest BCUT2D eigenvalue weighted by Crippen LogP contribution is 2.33. The highest BCUT2D eigenvalue weighted by Gasteiger charge is 2.29. The predicted molar refractivity (Wildman–Crippen MR) is 86.0 cm³/mol. The van der Waals surface area contributed by atoms with E-state index in [0.29, 0.717) is 17.0 Å². The molecule has 132 valence electrons. The average molecular weight is 351 g/mol. The zero-order chi connectivity index (χ0) is 18.4. The van der Waals surface area contributed by atoms with Gasteiger partial charge in [0.15, 0.2) is 0 Å². The van der Waals surface area contributed by atoms with Gasteiger partial charge in [0, 0.05) is 18.0 Å². The van der Waals surface area contributed by atoms with E-state index in [1.165, 1.54) is 32.6 Å². The van der Waals surface area contributed by atoms with E-state index in [9.17, 15) is 13.2 Å². The monoisotopic (exact) mass is 351 g/mol. The van der Waals surface area contributed by atoms with E-state index in [0.717, 1.165) is 13.0 Å². The predicted octanol–water partition coefficient (Wildman–Crippen LogP) is 4.34. The molecule has 0 fully saturated rings. The second kappa shape index (κ2) is 7.78. The van der Waals surface area contributed by atoms with Gasteiger partial charge in [0.1, 0.15) is 12.1 Å². The molecule has 8 heteroatoms. The van der Waals surface area contributed by atoms with Gasteiger partial charge in [-0.2, -0.15) is 13.2 Å². The number of hydrogen-bond acceptors (Lipinski definition) is 5. The lowest BCUT2D eigenvalue weighted by molar-refractivity contribution is -0.0913. The molecule has 5 nitrogen and oxygen atoms in total. The molecule has 0 bridgehead atoms. The minimum atomic E-state index is -4.37. The fourth-order valence-electron chi connectivity index (χ4n) is 1.87. The van der Waals surface area contributed by atoms with Gasteiger partial charge in [0.25, 0.3) is 0 Å². The van der Waals surface area contributed by atoms with Gasteiger partial charge in [-0.1, -0.05) is 6.08 Å². The molecule has 0 unspecified atom stereocenters. The number of alkyl halides is 3. The van der Waals surface area contributed by atoms with Gasteiger partial charge in [0.2, 0.25) is 11.8 Å². The molecule has 2 heterocycles. The fraction of sp³-hybridized carbons (Fsp3) is 0.235. The molecule has 0 saturated carbocycles. The Kier molecular flexibility index (Phi) is 5.74. The molecule has 0 aliphatic heterocycles. The van der Waals surface area contributed by atoms with E-state index < -0.39 is 11.7 Å². The topological polar surface area (TPSA) is 57.1 Å². The number of allylic oxidation sites excluding steroid dienone is 4. The number of methoxy groups -OCH3 is 1. The summed E-state index contributed by atoms with van der Waals surface area (Å²) in [5.41, 5.74) is 0.391. The SMILES string of the molecule is COc1ncncc1-c1cccnc1O/C(C)=C/C=C(\C)C(F)(F)F. The molecule has 0 saturated heterocycles. The molecule has 2 aromatic heterocycles. The number of nitrogens with zero attached hydrogens (tertiary/aromatic N) is 3. The van der Waals surface area contributed by atoms with Crippen molar-refractivity contribution in [3.63, 3.8) is 0 Å². The molecular formula is C17H16F3N3O2. The van der Waals surface area contributed by atoms with Crippen molar-refractivity contribution >= 4 is 0 Å². The Morgan fingerprint density at radius 1 is 1.08 bits per heavy atom. The van der Waals surface area contributed by atoms with Gasteiger partial charge in [-0.25, -0.2) is 15.0 Å². The quantitative estimate of drug-likeness (QED) is 0.592. The van der Waals surface area contributed by atoms with Crippen LogP contribution < -0.4 is 9.47 Å². The highest BCUT2D eigenvalue weighted by molar-refractivity contribution is 5.72. The summed E-state index contributed by atoms with van der Waals surface area (Å²) >= 11 is 0. The maximum Gasteiger partial charge on any atom is 0.412 e. The van der Waals surface area contributed by atoms with Crippen molar-refractivity contribution in [3.05, 3.63) is 54.3 Å². The van der Waals surface area contributed by atoms with Crippen LogP contribution in [0.5, 0.6) is 11.8 Å². The Morgan fingerprint density at radius 3 is 2.52 bits per heavy atom. The number of pyridine rings is 1. The largest absolute Gasteiger partial charge is 0.480 e. The molecule has 0 aromatic carbocycles. The number of hydrogen-bond donors (Lipinski definition) is 0. The minimum Gasteiger partial charge on any atom is -0.480 e. The third-order valence-electron chi connectivity index (χ3n) is 3.20. The number of aromatic nitrogens is 3. The molecule has 0 aliphatic carbocycles. The first kappa shape index (κ1) is 18.4. The van der Waals surface area contributed by atoms with Gasteiger partial charge in [0.05, 0.1) is 18.2 Å². The Balaban J connectivity index is 2.33. The summed E-state index contributed by atoms with van der Waals surface area (Å²) < 4.78 is 48.3. The van der Waals surface area contributed by atoms with Crippen molar-refractivity contribution in [2.45, 2.75) is 20.0 Å². The average Bonchev–Trinajstić information content (AvgIpc) is 2.59. The minimum absolute atomic E-state index is 0.211. The van der Waals surface area contributed by atoms with E-state index in [2.05, 4.69) is 15.0 Å². The lowest BCUT2D eigenvalue weighted by Gasteiger charge is -2.11. The van der Waals surface area contributed by atoms with Crippen LogP contribution in [0, 0.1) is 0 Å². The number of ether oxygens (including phenoxy) is 2. The Morgan fingerprint density at radius 2 is 1.84 bits per heavy atom. The standard InChI is InChI=1S/C17H16F3N3O2/c1-11(17(18,19)20)6-7-12(2)25-16-13(5-4-8-22-16)14-9-21-10-23-15(14)24-3/h4-10H,1-3H3/b11-6+,12-7+. The first-order valence-corrected chi connectivity index (χ1v) is 7.22. The van der Waals surface area contributed by atoms with Crippen LogP contribution in [0.3, 0.4) is 0 Å². The number of rotatable bonds is 5. The summed E-state index contributed by atoms with van der Waals surface area (Å²) in [6.45, 7) is 2.53. The third kappa shape index (κ3) is 4.79. The molecule has 0 atom stereocenters. The third-order valence-corrected chi connectivity index (χ3v) is 3.20. The van der Waals surface area contributed by atoms with Crippen molar-refractivity contribution in [3.8, 4) is 22.9 Å². The summed E-state index contributed by atoms with van der Waals surface area (Å²) in [4.78, 5) is 12.1. The maximum absolute atomic E-state index is 12.5. The summed E-state index contributed by atoms with van der Waals surface area (Å²) in [6, 6.07) is 3.43. The lowest BCUT2D eigenvalue weighted by atomic mass is 10.1. The smallest absolute Gasteiger partial charge is 0.412 e. The van der Waals surface area contributed by atoms with Gasteiger partial charge in [-0.15, -0.1) is 0 Å². The molecule has 2 rings (SSSR count). The van der Waals surface area contributed by atoms with Crippen molar-refractivity contribution in [1.82, 2.24) is 15.0 Å². The molecule has 0 aliphatic rings. The summed E-state index contributed by atoms with van der Waals surface area (Å²) in [7, 11) is 1.47. The normalized spacial score (nSPS) is 12.9. The fourth-order valence-corrected chi connectivity index (χ4v) is 1.87.